The molecule has 0 amide bonds. The molecule has 3 N–H and O–H groups in total. The molecule has 2 aromatic rings. The van der Waals surface area contributed by atoms with Crippen molar-refractivity contribution in [1.82, 2.24) is 10.3 Å². The van der Waals surface area contributed by atoms with Crippen LogP contribution in [0, 0.1) is 0 Å². The topological polar surface area (TPSA) is 56.9 Å². The zero-order valence-corrected chi connectivity index (χ0v) is 17.6. The van der Waals surface area contributed by atoms with Crippen LogP contribution in [0.1, 0.15) is 16.7 Å². The van der Waals surface area contributed by atoms with Crippen molar-refractivity contribution in [3.8, 4) is 0 Å². The van der Waals surface area contributed by atoms with Crippen LogP contribution < -0.4 is 16.1 Å². The Labute approximate surface area is 183 Å². The number of hydrogen-bond acceptors (Lipinski definition) is 4. The molecule has 160 valence electrons. The predicted molar refractivity (Wildman–Crippen MR) is 118 cm³/mol. The van der Waals surface area contributed by atoms with E-state index in [9.17, 15) is 13.2 Å². The first kappa shape index (κ1) is 22.3. The molecule has 0 atom stereocenters. The summed E-state index contributed by atoms with van der Waals surface area (Å²) < 4.78 is 40.0. The fourth-order valence-electron chi connectivity index (χ4n) is 3.33. The van der Waals surface area contributed by atoms with E-state index in [0.717, 1.165) is 37.5 Å². The summed E-state index contributed by atoms with van der Waals surface area (Å²) in [7, 11) is 0. The van der Waals surface area contributed by atoms with Gasteiger partial charge in [0, 0.05) is 49.0 Å². The zero-order chi connectivity index (χ0) is 21.7. The van der Waals surface area contributed by atoms with Gasteiger partial charge in [0.15, 0.2) is 5.11 Å². The summed E-state index contributed by atoms with van der Waals surface area (Å²) in [6, 6.07) is 11.8. The van der Waals surface area contributed by atoms with Crippen LogP contribution in [0.5, 0.6) is 0 Å². The van der Waals surface area contributed by atoms with E-state index in [1.807, 2.05) is 24.3 Å². The number of nitrogens with two attached hydrogens (primary N) is 1. The molecular weight excluding hydrogens is 435 g/mol. The molecule has 1 fully saturated rings. The summed E-state index contributed by atoms with van der Waals surface area (Å²) >= 11 is 10.7. The van der Waals surface area contributed by atoms with Crippen LogP contribution in [0.15, 0.2) is 47.6 Å². The molecule has 3 rings (SSSR count). The van der Waals surface area contributed by atoms with Crippen molar-refractivity contribution in [2.45, 2.75) is 12.7 Å². The second-order valence-corrected chi connectivity index (χ2v) is 7.77. The molecule has 10 heteroatoms. The Hall–Kier alpha value is -2.36. The van der Waals surface area contributed by atoms with Gasteiger partial charge in [0.25, 0.3) is 0 Å². The SMILES string of the molecule is NC(=S)NN=Cc1cc(N2CCN(Cc3cccc(Cl)c3)CC2)ccc1C(F)(F)F. The molecule has 30 heavy (non-hydrogen) atoms. The lowest BCUT2D eigenvalue weighted by atomic mass is 10.1. The number of alkyl halides is 3. The molecule has 1 heterocycles. The lowest BCUT2D eigenvalue weighted by Crippen LogP contribution is -2.46. The zero-order valence-electron chi connectivity index (χ0n) is 16.0. The van der Waals surface area contributed by atoms with E-state index in [1.165, 1.54) is 12.1 Å². The second kappa shape index (κ2) is 9.63. The van der Waals surface area contributed by atoms with Crippen molar-refractivity contribution in [2.24, 2.45) is 10.8 Å². The molecule has 0 saturated carbocycles. The van der Waals surface area contributed by atoms with Crippen molar-refractivity contribution < 1.29 is 13.2 Å². The van der Waals surface area contributed by atoms with Crippen LogP contribution in [-0.2, 0) is 12.7 Å². The van der Waals surface area contributed by atoms with Gasteiger partial charge in [0.1, 0.15) is 0 Å². The molecular formula is C20H21ClF3N5S. The van der Waals surface area contributed by atoms with Gasteiger partial charge in [0.05, 0.1) is 11.8 Å². The highest BCUT2D eigenvalue weighted by Crippen LogP contribution is 2.33. The van der Waals surface area contributed by atoms with Crippen molar-refractivity contribution >= 4 is 40.8 Å². The summed E-state index contributed by atoms with van der Waals surface area (Å²) in [5.74, 6) is 0. The van der Waals surface area contributed by atoms with Gasteiger partial charge in [0.2, 0.25) is 0 Å². The molecule has 0 bridgehead atoms. The summed E-state index contributed by atoms with van der Waals surface area (Å²) in [6.07, 6.45) is -3.40. The number of halogens is 4. The lowest BCUT2D eigenvalue weighted by Gasteiger charge is -2.36. The monoisotopic (exact) mass is 455 g/mol. The number of hydrogen-bond donors (Lipinski definition) is 2. The number of nitrogens with zero attached hydrogens (tertiary/aromatic N) is 3. The number of benzene rings is 2. The number of rotatable bonds is 5. The van der Waals surface area contributed by atoms with E-state index in [0.29, 0.717) is 23.8 Å². The third-order valence-corrected chi connectivity index (χ3v) is 5.08. The van der Waals surface area contributed by atoms with Gasteiger partial charge in [-0.2, -0.15) is 18.3 Å². The van der Waals surface area contributed by atoms with Crippen molar-refractivity contribution in [2.75, 3.05) is 31.1 Å². The van der Waals surface area contributed by atoms with Crippen molar-refractivity contribution in [1.29, 1.82) is 0 Å². The standard InChI is InChI=1S/C20H21ClF3N5S/c21-16-3-1-2-14(10-16)13-28-6-8-29(9-7-28)17-4-5-18(20(22,23)24)15(11-17)12-26-27-19(25)30/h1-5,10-12H,6-9,13H2,(H3,25,27,30). The molecule has 0 radical (unpaired) electrons. The minimum Gasteiger partial charge on any atom is -0.375 e. The molecule has 2 aromatic carbocycles. The van der Waals surface area contributed by atoms with Gasteiger partial charge in [-0.1, -0.05) is 23.7 Å². The second-order valence-electron chi connectivity index (χ2n) is 6.90. The normalized spacial score (nSPS) is 15.5. The first-order valence-corrected chi connectivity index (χ1v) is 10.0. The minimum absolute atomic E-state index is 0.0508. The predicted octanol–water partition coefficient (Wildman–Crippen LogP) is 3.85. The van der Waals surface area contributed by atoms with E-state index in [-0.39, 0.29) is 10.7 Å². The average molecular weight is 456 g/mol. The van der Waals surface area contributed by atoms with Crippen LogP contribution in [0.2, 0.25) is 5.02 Å². The largest absolute Gasteiger partial charge is 0.417 e. The molecule has 0 aromatic heterocycles. The summed E-state index contributed by atoms with van der Waals surface area (Å²) in [5, 5.41) is 4.27. The Morgan fingerprint density at radius 1 is 1.17 bits per heavy atom. The first-order valence-electron chi connectivity index (χ1n) is 9.24. The Morgan fingerprint density at radius 2 is 1.90 bits per heavy atom. The molecule has 0 unspecified atom stereocenters. The smallest absolute Gasteiger partial charge is 0.375 e. The van der Waals surface area contributed by atoms with E-state index in [1.54, 1.807) is 0 Å². The number of anilines is 1. The first-order chi connectivity index (χ1) is 14.2. The van der Waals surface area contributed by atoms with Crippen LogP contribution in [0.4, 0.5) is 18.9 Å². The van der Waals surface area contributed by atoms with Gasteiger partial charge in [-0.25, -0.2) is 0 Å². The molecule has 5 nitrogen and oxygen atoms in total. The number of hydrazone groups is 1. The number of nitrogens with one attached hydrogen (secondary N) is 1. The van der Waals surface area contributed by atoms with Gasteiger partial charge in [-0.15, -0.1) is 0 Å². The van der Waals surface area contributed by atoms with Crippen LogP contribution in [0.25, 0.3) is 0 Å². The molecule has 0 spiro atoms. The van der Waals surface area contributed by atoms with Crippen LogP contribution in [-0.4, -0.2) is 42.4 Å². The van der Waals surface area contributed by atoms with Gasteiger partial charge < -0.3 is 10.6 Å². The van der Waals surface area contributed by atoms with E-state index in [4.69, 9.17) is 17.3 Å². The Morgan fingerprint density at radius 3 is 2.53 bits per heavy atom. The van der Waals surface area contributed by atoms with Crippen LogP contribution >= 0.6 is 23.8 Å². The van der Waals surface area contributed by atoms with Crippen LogP contribution in [0.3, 0.4) is 0 Å². The molecule has 0 aliphatic carbocycles. The quantitative estimate of drug-likeness (QED) is 0.407. The third kappa shape index (κ3) is 6.07. The van der Waals surface area contributed by atoms with Crippen molar-refractivity contribution in [3.63, 3.8) is 0 Å². The van der Waals surface area contributed by atoms with E-state index < -0.39 is 11.7 Å². The fourth-order valence-corrected chi connectivity index (χ4v) is 3.60. The highest BCUT2D eigenvalue weighted by molar-refractivity contribution is 7.80. The van der Waals surface area contributed by atoms with Crippen molar-refractivity contribution in [3.05, 3.63) is 64.2 Å². The maximum absolute atomic E-state index is 13.3. The maximum atomic E-state index is 13.3. The van der Waals surface area contributed by atoms with Gasteiger partial charge in [-0.05, 0) is 48.1 Å². The summed E-state index contributed by atoms with van der Waals surface area (Å²) in [6.45, 7) is 3.77. The molecule has 1 aliphatic heterocycles. The fraction of sp³-hybridized carbons (Fsp3) is 0.300. The molecule has 1 aliphatic rings. The lowest BCUT2D eigenvalue weighted by molar-refractivity contribution is -0.137. The summed E-state index contributed by atoms with van der Waals surface area (Å²) in [4.78, 5) is 4.35. The Balaban J connectivity index is 1.70. The van der Waals surface area contributed by atoms with E-state index >= 15 is 0 Å². The summed E-state index contributed by atoms with van der Waals surface area (Å²) in [5.41, 5.74) is 8.58. The minimum atomic E-state index is -4.49. The highest BCUT2D eigenvalue weighted by Gasteiger charge is 2.33. The maximum Gasteiger partial charge on any atom is 0.417 e. The van der Waals surface area contributed by atoms with Gasteiger partial charge >= 0.3 is 6.18 Å². The van der Waals surface area contributed by atoms with E-state index in [2.05, 4.69) is 32.5 Å². The average Bonchev–Trinajstić information content (AvgIpc) is 2.67. The highest BCUT2D eigenvalue weighted by atomic mass is 35.5. The Kier molecular flexibility index (Phi) is 7.17. The third-order valence-electron chi connectivity index (χ3n) is 4.75. The molecule has 1 saturated heterocycles. The number of piperazine rings is 1. The Bertz CT molecular complexity index is 927. The van der Waals surface area contributed by atoms with Gasteiger partial charge in [-0.3, -0.25) is 10.3 Å². The number of thiocarbonyl (C=S) groups is 1.